The van der Waals surface area contributed by atoms with Crippen LogP contribution in [0.4, 0.5) is 24.8 Å². The molecule has 110 valence electrons. The van der Waals surface area contributed by atoms with Crippen LogP contribution >= 0.6 is 0 Å². The normalized spacial score (nSPS) is 11.2. The van der Waals surface area contributed by atoms with E-state index in [-0.39, 0.29) is 5.82 Å². The quantitative estimate of drug-likeness (QED) is 0.671. The average Bonchev–Trinajstić information content (AvgIpc) is 2.24. The maximum atomic E-state index is 12.7. The molecule has 0 unspecified atom stereocenters. The van der Waals surface area contributed by atoms with E-state index >= 15 is 0 Å². The number of rotatable bonds is 5. The molecule has 1 rings (SSSR count). The van der Waals surface area contributed by atoms with Gasteiger partial charge in [-0.3, -0.25) is 9.59 Å². The van der Waals surface area contributed by atoms with Gasteiger partial charge < -0.3 is 22.1 Å². The molecule has 10 heteroatoms. The predicted octanol–water partition coefficient (Wildman–Crippen LogP) is -0.540. The fourth-order valence-corrected chi connectivity index (χ4v) is 1.46. The minimum Gasteiger partial charge on any atom is -0.384 e. The van der Waals surface area contributed by atoms with E-state index in [1.54, 1.807) is 0 Å². The zero-order chi connectivity index (χ0) is 15.5. The summed E-state index contributed by atoms with van der Waals surface area (Å²) in [5.74, 6) is -2.43. The molecule has 1 aromatic rings. The Hall–Kier alpha value is -2.52. The topological polar surface area (TPSA) is 128 Å². The number of nitrogen functional groups attached to an aromatic ring is 1. The third kappa shape index (κ3) is 4.30. The van der Waals surface area contributed by atoms with Crippen molar-refractivity contribution in [3.63, 3.8) is 0 Å². The van der Waals surface area contributed by atoms with Crippen LogP contribution in [0.2, 0.25) is 0 Å². The van der Waals surface area contributed by atoms with Crippen molar-refractivity contribution in [2.24, 2.45) is 11.5 Å². The van der Waals surface area contributed by atoms with Crippen molar-refractivity contribution in [3.8, 4) is 0 Å². The second-order valence-corrected chi connectivity index (χ2v) is 3.93. The van der Waals surface area contributed by atoms with Crippen molar-refractivity contribution >= 4 is 23.5 Å². The SMILES string of the molecule is NC(=O)CN(CC(N)=O)c1cc(C(F)(F)F)cc(N)n1. The van der Waals surface area contributed by atoms with Gasteiger partial charge in [0.15, 0.2) is 0 Å². The molecule has 2 amide bonds. The van der Waals surface area contributed by atoms with Crippen molar-refractivity contribution in [1.29, 1.82) is 0 Å². The Bertz CT molecular complexity index is 516. The standard InChI is InChI=1S/C10H12F3N5O2/c11-10(12,13)5-1-6(14)17-9(2-5)18(3-7(15)19)4-8(16)20/h1-2H,3-4H2,(H2,14,17)(H2,15,19)(H2,16,20). The zero-order valence-corrected chi connectivity index (χ0v) is 10.1. The summed E-state index contributed by atoms with van der Waals surface area (Å²) in [6.07, 6.45) is -4.64. The Morgan fingerprint density at radius 3 is 2.05 bits per heavy atom. The molecule has 0 aliphatic heterocycles. The number of nitrogens with zero attached hydrogens (tertiary/aromatic N) is 2. The minimum absolute atomic E-state index is 0.310. The largest absolute Gasteiger partial charge is 0.416 e. The van der Waals surface area contributed by atoms with Crippen LogP contribution in [0.15, 0.2) is 12.1 Å². The van der Waals surface area contributed by atoms with E-state index in [2.05, 4.69) is 4.98 Å². The third-order valence-electron chi connectivity index (χ3n) is 2.18. The Balaban J connectivity index is 3.21. The van der Waals surface area contributed by atoms with Crippen LogP contribution in [0.25, 0.3) is 0 Å². The monoisotopic (exact) mass is 291 g/mol. The summed E-state index contributed by atoms with van der Waals surface area (Å²) in [4.78, 5) is 26.3. The Labute approximate surface area is 111 Å². The number of amides is 2. The number of hydrogen-bond donors (Lipinski definition) is 3. The van der Waals surface area contributed by atoms with E-state index < -0.39 is 42.5 Å². The van der Waals surface area contributed by atoms with Crippen LogP contribution in [-0.2, 0) is 15.8 Å². The molecule has 0 fully saturated rings. The van der Waals surface area contributed by atoms with Gasteiger partial charge in [0.2, 0.25) is 11.8 Å². The van der Waals surface area contributed by atoms with Gasteiger partial charge in [-0.2, -0.15) is 13.2 Å². The molecule has 0 bridgehead atoms. The van der Waals surface area contributed by atoms with Crippen LogP contribution in [0.1, 0.15) is 5.56 Å². The van der Waals surface area contributed by atoms with Gasteiger partial charge >= 0.3 is 6.18 Å². The molecule has 0 aliphatic rings. The number of nitrogens with two attached hydrogens (primary N) is 3. The lowest BCUT2D eigenvalue weighted by Crippen LogP contribution is -2.40. The molecule has 1 heterocycles. The minimum atomic E-state index is -4.64. The highest BCUT2D eigenvalue weighted by molar-refractivity contribution is 5.84. The number of carbonyl (C=O) groups is 2. The molecule has 0 aromatic carbocycles. The van der Waals surface area contributed by atoms with Gasteiger partial charge in [0.1, 0.15) is 11.6 Å². The smallest absolute Gasteiger partial charge is 0.384 e. The fraction of sp³-hybridized carbons (Fsp3) is 0.300. The summed E-state index contributed by atoms with van der Waals surface area (Å²) >= 11 is 0. The van der Waals surface area contributed by atoms with Gasteiger partial charge in [0.25, 0.3) is 0 Å². The van der Waals surface area contributed by atoms with E-state index in [0.29, 0.717) is 12.1 Å². The van der Waals surface area contributed by atoms with Crippen LogP contribution in [0, 0.1) is 0 Å². The van der Waals surface area contributed by atoms with Crippen LogP contribution in [-0.4, -0.2) is 29.9 Å². The number of anilines is 2. The fourth-order valence-electron chi connectivity index (χ4n) is 1.46. The molecule has 0 saturated heterocycles. The number of aromatic nitrogens is 1. The highest BCUT2D eigenvalue weighted by Gasteiger charge is 2.32. The molecule has 7 nitrogen and oxygen atoms in total. The first-order chi connectivity index (χ1) is 9.09. The first kappa shape index (κ1) is 15.5. The van der Waals surface area contributed by atoms with Crippen molar-refractivity contribution in [3.05, 3.63) is 17.7 Å². The molecule has 6 N–H and O–H groups in total. The second-order valence-electron chi connectivity index (χ2n) is 3.93. The summed E-state index contributed by atoms with van der Waals surface area (Å²) in [6, 6.07) is 1.29. The van der Waals surface area contributed by atoms with E-state index in [1.807, 2.05) is 0 Å². The average molecular weight is 291 g/mol. The van der Waals surface area contributed by atoms with Gasteiger partial charge in [-0.15, -0.1) is 0 Å². The van der Waals surface area contributed by atoms with Crippen LogP contribution in [0.3, 0.4) is 0 Å². The Kier molecular flexibility index (Phi) is 4.38. The third-order valence-corrected chi connectivity index (χ3v) is 2.18. The summed E-state index contributed by atoms with van der Waals surface area (Å²) in [5, 5.41) is 0. The lowest BCUT2D eigenvalue weighted by atomic mass is 10.2. The number of pyridine rings is 1. The van der Waals surface area contributed by atoms with Crippen LogP contribution in [0.5, 0.6) is 0 Å². The second kappa shape index (κ2) is 5.63. The summed E-state index contributed by atoms with van der Waals surface area (Å²) in [7, 11) is 0. The number of carbonyl (C=O) groups excluding carboxylic acids is 2. The van der Waals surface area contributed by atoms with Crippen molar-refractivity contribution in [2.75, 3.05) is 23.7 Å². The maximum Gasteiger partial charge on any atom is 0.416 e. The van der Waals surface area contributed by atoms with E-state index in [9.17, 15) is 22.8 Å². The lowest BCUT2D eigenvalue weighted by molar-refractivity contribution is -0.137. The molecule has 0 aliphatic carbocycles. The van der Waals surface area contributed by atoms with Gasteiger partial charge in [-0.25, -0.2) is 4.98 Å². The van der Waals surface area contributed by atoms with Crippen molar-refractivity contribution in [2.45, 2.75) is 6.18 Å². The summed E-state index contributed by atoms with van der Waals surface area (Å²) in [6.45, 7) is -1.03. The van der Waals surface area contributed by atoms with Gasteiger partial charge in [-0.05, 0) is 12.1 Å². The molecule has 0 saturated carbocycles. The van der Waals surface area contributed by atoms with E-state index in [4.69, 9.17) is 17.2 Å². The Morgan fingerprint density at radius 1 is 1.15 bits per heavy atom. The molecular weight excluding hydrogens is 279 g/mol. The lowest BCUT2D eigenvalue weighted by Gasteiger charge is -2.21. The summed E-state index contributed by atoms with van der Waals surface area (Å²) in [5.41, 5.74) is 14.1. The van der Waals surface area contributed by atoms with Gasteiger partial charge in [0, 0.05) is 0 Å². The first-order valence-corrected chi connectivity index (χ1v) is 5.26. The van der Waals surface area contributed by atoms with Crippen molar-refractivity contribution in [1.82, 2.24) is 4.98 Å². The molecule has 20 heavy (non-hydrogen) atoms. The highest BCUT2D eigenvalue weighted by atomic mass is 19.4. The number of hydrogen-bond acceptors (Lipinski definition) is 5. The predicted molar refractivity (Wildman–Crippen MR) is 64.3 cm³/mol. The van der Waals surface area contributed by atoms with Crippen LogP contribution < -0.4 is 22.1 Å². The highest BCUT2D eigenvalue weighted by Crippen LogP contribution is 2.32. The number of alkyl halides is 3. The summed E-state index contributed by atoms with van der Waals surface area (Å²) < 4.78 is 38.0. The number of primary amides is 2. The first-order valence-electron chi connectivity index (χ1n) is 5.26. The zero-order valence-electron chi connectivity index (χ0n) is 10.1. The molecular formula is C10H12F3N5O2. The van der Waals surface area contributed by atoms with Crippen molar-refractivity contribution < 1.29 is 22.8 Å². The molecule has 1 aromatic heterocycles. The number of halogens is 3. The molecule has 0 radical (unpaired) electrons. The Morgan fingerprint density at radius 2 is 1.65 bits per heavy atom. The van der Waals surface area contributed by atoms with E-state index in [0.717, 1.165) is 4.90 Å². The molecule has 0 spiro atoms. The van der Waals surface area contributed by atoms with Gasteiger partial charge in [0.05, 0.1) is 18.7 Å². The molecule has 0 atom stereocenters. The van der Waals surface area contributed by atoms with Gasteiger partial charge in [-0.1, -0.05) is 0 Å². The van der Waals surface area contributed by atoms with E-state index in [1.165, 1.54) is 0 Å². The maximum absolute atomic E-state index is 12.7.